The maximum absolute atomic E-state index is 12.1. The van der Waals surface area contributed by atoms with Crippen LogP contribution >= 0.6 is 0 Å². The molecule has 0 amide bonds. The molecule has 1 unspecified atom stereocenters. The molecule has 0 radical (unpaired) electrons. The van der Waals surface area contributed by atoms with Crippen LogP contribution in [-0.2, 0) is 0 Å². The van der Waals surface area contributed by atoms with Gasteiger partial charge < -0.3 is 5.32 Å². The van der Waals surface area contributed by atoms with Crippen LogP contribution in [0.25, 0.3) is 0 Å². The van der Waals surface area contributed by atoms with Gasteiger partial charge in [-0.3, -0.25) is 0 Å². The third kappa shape index (κ3) is 6.05. The maximum Gasteiger partial charge on any atom is 0.389 e. The van der Waals surface area contributed by atoms with E-state index in [1.807, 2.05) is 37.3 Å². The molecule has 0 aliphatic rings. The van der Waals surface area contributed by atoms with Gasteiger partial charge in [0.05, 0.1) is 0 Å². The lowest BCUT2D eigenvalue weighted by molar-refractivity contribution is -0.135. The Labute approximate surface area is 106 Å². The molecule has 1 rings (SSSR count). The van der Waals surface area contributed by atoms with Gasteiger partial charge in [-0.25, -0.2) is 0 Å². The quantitative estimate of drug-likeness (QED) is 0.762. The number of alkyl halides is 3. The molecule has 0 heterocycles. The van der Waals surface area contributed by atoms with Crippen molar-refractivity contribution in [3.8, 4) is 0 Å². The van der Waals surface area contributed by atoms with Crippen molar-refractivity contribution in [2.24, 2.45) is 0 Å². The van der Waals surface area contributed by atoms with Gasteiger partial charge in [-0.2, -0.15) is 13.2 Å². The molecule has 0 saturated carbocycles. The molecule has 0 saturated heterocycles. The number of hydrogen-bond donors (Lipinski definition) is 1. The van der Waals surface area contributed by atoms with Gasteiger partial charge in [0.15, 0.2) is 0 Å². The van der Waals surface area contributed by atoms with E-state index in [0.29, 0.717) is 6.42 Å². The number of hydrogen-bond acceptors (Lipinski definition) is 1. The average Bonchev–Trinajstić information content (AvgIpc) is 2.33. The SMILES string of the molecule is CCCNC(CCCC(F)(F)F)c1ccccc1. The monoisotopic (exact) mass is 259 g/mol. The molecule has 1 atom stereocenters. The molecule has 1 N–H and O–H groups in total. The Morgan fingerprint density at radius 3 is 2.39 bits per heavy atom. The third-order valence-electron chi connectivity index (χ3n) is 2.80. The highest BCUT2D eigenvalue weighted by atomic mass is 19.4. The van der Waals surface area contributed by atoms with Gasteiger partial charge in [0, 0.05) is 12.5 Å². The molecule has 0 aromatic heterocycles. The smallest absolute Gasteiger partial charge is 0.310 e. The predicted octanol–water partition coefficient (Wildman–Crippen LogP) is 4.46. The van der Waals surface area contributed by atoms with Crippen LogP contribution < -0.4 is 5.32 Å². The summed E-state index contributed by atoms with van der Waals surface area (Å²) in [5, 5.41) is 3.30. The Morgan fingerprint density at radius 2 is 1.83 bits per heavy atom. The summed E-state index contributed by atoms with van der Waals surface area (Å²) in [6.45, 7) is 2.87. The fourth-order valence-corrected chi connectivity index (χ4v) is 1.90. The Balaban J connectivity index is 2.51. The first kappa shape index (κ1) is 15.0. The molecule has 0 fully saturated rings. The molecule has 1 nitrogen and oxygen atoms in total. The van der Waals surface area contributed by atoms with Crippen LogP contribution in [0.5, 0.6) is 0 Å². The van der Waals surface area contributed by atoms with E-state index < -0.39 is 12.6 Å². The molecule has 1 aromatic carbocycles. The second-order valence-electron chi connectivity index (χ2n) is 4.42. The van der Waals surface area contributed by atoms with Crippen molar-refractivity contribution in [2.75, 3.05) is 6.54 Å². The highest BCUT2D eigenvalue weighted by Crippen LogP contribution is 2.26. The van der Waals surface area contributed by atoms with Gasteiger partial charge >= 0.3 is 6.18 Å². The number of halogens is 3. The minimum Gasteiger partial charge on any atom is -0.310 e. The second-order valence-corrected chi connectivity index (χ2v) is 4.42. The van der Waals surface area contributed by atoms with E-state index >= 15 is 0 Å². The summed E-state index contributed by atoms with van der Waals surface area (Å²) in [4.78, 5) is 0. The van der Waals surface area contributed by atoms with Crippen molar-refractivity contribution < 1.29 is 13.2 Å². The summed E-state index contributed by atoms with van der Waals surface area (Å²) in [5.74, 6) is 0. The summed E-state index contributed by atoms with van der Waals surface area (Å²) in [6, 6.07) is 9.69. The van der Waals surface area contributed by atoms with Gasteiger partial charge in [0.1, 0.15) is 0 Å². The lowest BCUT2D eigenvalue weighted by atomic mass is 10.0. The summed E-state index contributed by atoms with van der Waals surface area (Å²) in [5.41, 5.74) is 1.06. The van der Waals surface area contributed by atoms with Crippen molar-refractivity contribution in [1.29, 1.82) is 0 Å². The van der Waals surface area contributed by atoms with Crippen molar-refractivity contribution >= 4 is 0 Å². The lowest BCUT2D eigenvalue weighted by Gasteiger charge is -2.19. The van der Waals surface area contributed by atoms with Crippen LogP contribution in [0, 0.1) is 0 Å². The zero-order valence-electron chi connectivity index (χ0n) is 10.6. The molecule has 0 bridgehead atoms. The normalized spacial score (nSPS) is 13.6. The molecular formula is C14H20F3N. The minimum atomic E-state index is -4.05. The van der Waals surface area contributed by atoms with Crippen molar-refractivity contribution in [3.05, 3.63) is 35.9 Å². The van der Waals surface area contributed by atoms with Gasteiger partial charge in [-0.15, -0.1) is 0 Å². The van der Waals surface area contributed by atoms with Crippen LogP contribution in [0.4, 0.5) is 13.2 Å². The van der Waals surface area contributed by atoms with Gasteiger partial charge in [0.25, 0.3) is 0 Å². The Bertz CT molecular complexity index is 322. The van der Waals surface area contributed by atoms with Gasteiger partial charge in [-0.1, -0.05) is 37.3 Å². The Morgan fingerprint density at radius 1 is 1.17 bits per heavy atom. The lowest BCUT2D eigenvalue weighted by Crippen LogP contribution is -2.22. The highest BCUT2D eigenvalue weighted by molar-refractivity contribution is 5.18. The summed E-state index contributed by atoms with van der Waals surface area (Å²) in [6.07, 6.45) is -3.10. The zero-order chi connectivity index (χ0) is 13.4. The molecule has 102 valence electrons. The molecule has 0 aliphatic carbocycles. The van der Waals surface area contributed by atoms with E-state index in [2.05, 4.69) is 5.32 Å². The first-order valence-electron chi connectivity index (χ1n) is 6.38. The van der Waals surface area contributed by atoms with Gasteiger partial charge in [-0.05, 0) is 31.4 Å². The van der Waals surface area contributed by atoms with Crippen LogP contribution in [0.15, 0.2) is 30.3 Å². The second kappa shape index (κ2) is 7.41. The van der Waals surface area contributed by atoms with Crippen LogP contribution in [0.2, 0.25) is 0 Å². The van der Waals surface area contributed by atoms with E-state index in [1.54, 1.807) is 0 Å². The summed E-state index contributed by atoms with van der Waals surface area (Å²) >= 11 is 0. The maximum atomic E-state index is 12.1. The number of benzene rings is 1. The molecule has 18 heavy (non-hydrogen) atoms. The highest BCUT2D eigenvalue weighted by Gasteiger charge is 2.26. The fourth-order valence-electron chi connectivity index (χ4n) is 1.90. The fraction of sp³-hybridized carbons (Fsp3) is 0.571. The molecule has 1 aromatic rings. The molecular weight excluding hydrogens is 239 g/mol. The largest absolute Gasteiger partial charge is 0.389 e. The third-order valence-corrected chi connectivity index (χ3v) is 2.80. The Kier molecular flexibility index (Phi) is 6.19. The summed E-state index contributed by atoms with van der Waals surface area (Å²) in [7, 11) is 0. The number of nitrogens with one attached hydrogen (secondary N) is 1. The molecule has 4 heteroatoms. The van der Waals surface area contributed by atoms with E-state index in [9.17, 15) is 13.2 Å². The zero-order valence-corrected chi connectivity index (χ0v) is 10.6. The van der Waals surface area contributed by atoms with Crippen LogP contribution in [0.1, 0.15) is 44.2 Å². The molecule has 0 aliphatic heterocycles. The first-order valence-corrected chi connectivity index (χ1v) is 6.38. The first-order chi connectivity index (χ1) is 8.53. The van der Waals surface area contributed by atoms with Gasteiger partial charge in [0.2, 0.25) is 0 Å². The van der Waals surface area contributed by atoms with Crippen molar-refractivity contribution in [3.63, 3.8) is 0 Å². The van der Waals surface area contributed by atoms with Crippen molar-refractivity contribution in [1.82, 2.24) is 5.32 Å². The number of rotatable bonds is 7. The van der Waals surface area contributed by atoms with Crippen LogP contribution in [0.3, 0.4) is 0 Å². The topological polar surface area (TPSA) is 12.0 Å². The van der Waals surface area contributed by atoms with E-state index in [4.69, 9.17) is 0 Å². The standard InChI is InChI=1S/C14H20F3N/c1-2-11-18-13(9-6-10-14(15,16)17)12-7-4-3-5-8-12/h3-5,7-8,13,18H,2,6,9-11H2,1H3. The Hall–Kier alpha value is -1.03. The minimum absolute atomic E-state index is 0.0218. The average molecular weight is 259 g/mol. The van der Waals surface area contributed by atoms with E-state index in [0.717, 1.165) is 18.5 Å². The molecule has 0 spiro atoms. The predicted molar refractivity (Wildman–Crippen MR) is 67.4 cm³/mol. The van der Waals surface area contributed by atoms with Crippen molar-refractivity contribution in [2.45, 2.75) is 44.8 Å². The van der Waals surface area contributed by atoms with E-state index in [-0.39, 0.29) is 12.5 Å². The van der Waals surface area contributed by atoms with Crippen LogP contribution in [-0.4, -0.2) is 12.7 Å². The summed E-state index contributed by atoms with van der Waals surface area (Å²) < 4.78 is 36.4. The van der Waals surface area contributed by atoms with E-state index in [1.165, 1.54) is 0 Å².